The van der Waals surface area contributed by atoms with E-state index in [1.54, 1.807) is 0 Å². The van der Waals surface area contributed by atoms with Crippen LogP contribution in [0.1, 0.15) is 42.9 Å². The van der Waals surface area contributed by atoms with Gasteiger partial charge in [0, 0.05) is 37.6 Å². The fourth-order valence-electron chi connectivity index (χ4n) is 5.05. The molecule has 0 aliphatic carbocycles. The van der Waals surface area contributed by atoms with Crippen molar-refractivity contribution in [1.82, 2.24) is 9.21 Å². The fourth-order valence-corrected chi connectivity index (χ4v) is 7.17. The van der Waals surface area contributed by atoms with Gasteiger partial charge in [0.2, 0.25) is 10.0 Å². The molecule has 2 fully saturated rings. The minimum atomic E-state index is -3.20. The highest BCUT2D eigenvalue weighted by Gasteiger charge is 2.45. The van der Waals surface area contributed by atoms with Gasteiger partial charge >= 0.3 is 0 Å². The van der Waals surface area contributed by atoms with Crippen LogP contribution in [-0.4, -0.2) is 54.9 Å². The maximum Gasteiger partial charge on any atom is 0.214 e. The van der Waals surface area contributed by atoms with Crippen LogP contribution in [0.5, 0.6) is 0 Å². The van der Waals surface area contributed by atoms with E-state index in [1.807, 2.05) is 4.31 Å². The zero-order chi connectivity index (χ0) is 17.4. The van der Waals surface area contributed by atoms with E-state index < -0.39 is 10.0 Å². The van der Waals surface area contributed by atoms with E-state index in [0.29, 0.717) is 30.8 Å². The molecule has 0 bridgehead atoms. The maximum absolute atomic E-state index is 12.9. The first-order chi connectivity index (χ1) is 12.1. The van der Waals surface area contributed by atoms with Crippen molar-refractivity contribution in [2.45, 2.75) is 44.2 Å². The number of fused-ring (bicyclic) bond motifs is 4. The smallest absolute Gasteiger partial charge is 0.214 e. The van der Waals surface area contributed by atoms with Crippen molar-refractivity contribution in [3.8, 4) is 0 Å². The molecule has 3 heterocycles. The third kappa shape index (κ3) is 3.36. The molecular formula is C19H27ClN2O2S. The summed E-state index contributed by atoms with van der Waals surface area (Å²) in [5.74, 6) is 1.07. The Kier molecular flexibility index (Phi) is 5.11. The van der Waals surface area contributed by atoms with Crippen LogP contribution in [0, 0.1) is 5.92 Å². The van der Waals surface area contributed by atoms with Crippen LogP contribution in [0.3, 0.4) is 0 Å². The first-order valence-electron chi connectivity index (χ1n) is 9.47. The Hall–Kier alpha value is -0.620. The van der Waals surface area contributed by atoms with Crippen molar-refractivity contribution in [3.63, 3.8) is 0 Å². The molecule has 0 saturated carbocycles. The van der Waals surface area contributed by atoms with Gasteiger partial charge in [-0.05, 0) is 49.1 Å². The Bertz CT molecular complexity index is 724. The predicted molar refractivity (Wildman–Crippen MR) is 101 cm³/mol. The standard InChI is InChI=1S/C19H27ClN2O2S/c20-9-4-12-25(23,24)22-10-3-6-16-14-21-11-8-15-5-1-2-7-17(15)19(21)13-18(16)22/h1-2,5,7,16,18-19H,3-4,6,8-14H2/t16-,18+,19+/m1/s1. The highest BCUT2D eigenvalue weighted by Crippen LogP contribution is 2.43. The Labute approximate surface area is 156 Å². The van der Waals surface area contributed by atoms with E-state index in [0.717, 1.165) is 38.8 Å². The van der Waals surface area contributed by atoms with Crippen molar-refractivity contribution >= 4 is 21.6 Å². The summed E-state index contributed by atoms with van der Waals surface area (Å²) in [6, 6.07) is 9.22. The molecule has 0 unspecified atom stereocenters. The van der Waals surface area contributed by atoms with E-state index in [1.165, 1.54) is 11.1 Å². The number of rotatable bonds is 4. The normalized spacial score (nSPS) is 30.4. The number of hydrogen-bond donors (Lipinski definition) is 0. The highest BCUT2D eigenvalue weighted by atomic mass is 35.5. The molecule has 25 heavy (non-hydrogen) atoms. The number of alkyl halides is 1. The van der Waals surface area contributed by atoms with Crippen molar-refractivity contribution in [2.24, 2.45) is 5.92 Å². The molecular weight excluding hydrogens is 356 g/mol. The lowest BCUT2D eigenvalue weighted by Crippen LogP contribution is -2.57. The maximum atomic E-state index is 12.9. The Morgan fingerprint density at radius 3 is 2.88 bits per heavy atom. The third-order valence-corrected chi connectivity index (χ3v) is 8.46. The average Bonchev–Trinajstić information content (AvgIpc) is 2.64. The van der Waals surface area contributed by atoms with Crippen molar-refractivity contribution < 1.29 is 8.42 Å². The summed E-state index contributed by atoms with van der Waals surface area (Å²) < 4.78 is 27.6. The summed E-state index contributed by atoms with van der Waals surface area (Å²) in [6.07, 6.45) is 4.72. The largest absolute Gasteiger partial charge is 0.296 e. The number of benzene rings is 1. The molecule has 2 saturated heterocycles. The Morgan fingerprint density at radius 1 is 1.20 bits per heavy atom. The van der Waals surface area contributed by atoms with Crippen LogP contribution in [0.15, 0.2) is 24.3 Å². The summed E-state index contributed by atoms with van der Waals surface area (Å²) in [7, 11) is -3.20. The predicted octanol–water partition coefficient (Wildman–Crippen LogP) is 3.03. The van der Waals surface area contributed by atoms with Gasteiger partial charge in [-0.3, -0.25) is 4.90 Å². The summed E-state index contributed by atoms with van der Waals surface area (Å²) in [5, 5.41) is 0. The lowest BCUT2D eigenvalue weighted by atomic mass is 9.77. The Morgan fingerprint density at radius 2 is 2.04 bits per heavy atom. The lowest BCUT2D eigenvalue weighted by Gasteiger charge is -2.51. The van der Waals surface area contributed by atoms with E-state index >= 15 is 0 Å². The second-order valence-electron chi connectivity index (χ2n) is 7.63. The molecule has 1 aromatic rings. The number of sulfonamides is 1. The van der Waals surface area contributed by atoms with Gasteiger partial charge in [0.05, 0.1) is 5.75 Å². The number of nitrogens with zero attached hydrogens (tertiary/aromatic N) is 2. The molecule has 0 spiro atoms. The molecule has 3 aliphatic rings. The summed E-state index contributed by atoms with van der Waals surface area (Å²) in [5.41, 5.74) is 2.85. The second kappa shape index (κ2) is 7.18. The quantitative estimate of drug-likeness (QED) is 0.751. The molecule has 0 aromatic heterocycles. The van der Waals surface area contributed by atoms with Crippen molar-refractivity contribution in [2.75, 3.05) is 31.3 Å². The zero-order valence-corrected chi connectivity index (χ0v) is 16.2. The van der Waals surface area contributed by atoms with Gasteiger partial charge < -0.3 is 0 Å². The van der Waals surface area contributed by atoms with Gasteiger partial charge in [-0.1, -0.05) is 24.3 Å². The van der Waals surface area contributed by atoms with Crippen LogP contribution in [0.4, 0.5) is 0 Å². The van der Waals surface area contributed by atoms with Gasteiger partial charge in [-0.15, -0.1) is 11.6 Å². The minimum absolute atomic E-state index is 0.154. The van der Waals surface area contributed by atoms with Gasteiger partial charge in [-0.2, -0.15) is 4.31 Å². The highest BCUT2D eigenvalue weighted by molar-refractivity contribution is 7.89. The first kappa shape index (κ1) is 17.8. The molecule has 3 aliphatic heterocycles. The molecule has 4 rings (SSSR count). The van der Waals surface area contributed by atoms with Gasteiger partial charge in [0.25, 0.3) is 0 Å². The molecule has 6 heteroatoms. The summed E-state index contributed by atoms with van der Waals surface area (Å²) in [6.45, 7) is 2.81. The van der Waals surface area contributed by atoms with E-state index in [9.17, 15) is 8.42 Å². The SMILES string of the molecule is O=S(=O)(CCCCl)N1CCC[C@@H]2CN3CCc4ccccc4[C@@H]3C[C@@H]21. The van der Waals surface area contributed by atoms with E-state index in [4.69, 9.17) is 11.6 Å². The summed E-state index contributed by atoms with van der Waals surface area (Å²) >= 11 is 5.74. The number of piperidine rings is 2. The van der Waals surface area contributed by atoms with Crippen LogP contribution in [-0.2, 0) is 16.4 Å². The molecule has 0 amide bonds. The molecule has 3 atom stereocenters. The molecule has 1 aromatic carbocycles. The number of halogens is 1. The van der Waals surface area contributed by atoms with E-state index in [-0.39, 0.29) is 11.8 Å². The van der Waals surface area contributed by atoms with Crippen LogP contribution in [0.2, 0.25) is 0 Å². The number of hydrogen-bond acceptors (Lipinski definition) is 3. The minimum Gasteiger partial charge on any atom is -0.296 e. The van der Waals surface area contributed by atoms with E-state index in [2.05, 4.69) is 29.2 Å². The van der Waals surface area contributed by atoms with Crippen molar-refractivity contribution in [3.05, 3.63) is 35.4 Å². The van der Waals surface area contributed by atoms with Gasteiger partial charge in [0.1, 0.15) is 0 Å². The van der Waals surface area contributed by atoms with Gasteiger partial charge in [0.15, 0.2) is 0 Å². The monoisotopic (exact) mass is 382 g/mol. The Balaban J connectivity index is 1.60. The van der Waals surface area contributed by atoms with Crippen LogP contribution >= 0.6 is 11.6 Å². The van der Waals surface area contributed by atoms with Gasteiger partial charge in [-0.25, -0.2) is 8.42 Å². The second-order valence-corrected chi connectivity index (χ2v) is 10.1. The third-order valence-electron chi connectivity index (χ3n) is 6.22. The zero-order valence-electron chi connectivity index (χ0n) is 14.6. The van der Waals surface area contributed by atoms with Crippen LogP contribution in [0.25, 0.3) is 0 Å². The fraction of sp³-hybridized carbons (Fsp3) is 0.684. The molecule has 0 radical (unpaired) electrons. The van der Waals surface area contributed by atoms with Crippen LogP contribution < -0.4 is 0 Å². The van der Waals surface area contributed by atoms with Crippen molar-refractivity contribution in [1.29, 1.82) is 0 Å². The molecule has 4 nitrogen and oxygen atoms in total. The molecule has 0 N–H and O–H groups in total. The average molecular weight is 383 g/mol. The lowest BCUT2D eigenvalue weighted by molar-refractivity contribution is 0.0220. The topological polar surface area (TPSA) is 40.6 Å². The molecule has 138 valence electrons. The first-order valence-corrected chi connectivity index (χ1v) is 11.6. The summed E-state index contributed by atoms with van der Waals surface area (Å²) in [4.78, 5) is 2.60.